The largest absolute Gasteiger partial charge is 0.282 e. The molecule has 1 aliphatic rings. The molecule has 3 aromatic rings. The van der Waals surface area contributed by atoms with E-state index < -0.39 is 10.0 Å². The number of benzene rings is 1. The van der Waals surface area contributed by atoms with Gasteiger partial charge in [-0.2, -0.15) is 9.29 Å². The van der Waals surface area contributed by atoms with Crippen molar-refractivity contribution in [1.82, 2.24) is 28.4 Å². The molecule has 0 spiro atoms. The molecular formula is C18H21ClN6O2S2. The van der Waals surface area contributed by atoms with E-state index in [9.17, 15) is 8.42 Å². The van der Waals surface area contributed by atoms with Crippen molar-refractivity contribution in [2.24, 2.45) is 0 Å². The quantitative estimate of drug-likeness (QED) is 0.566. The molecule has 4 rings (SSSR count). The van der Waals surface area contributed by atoms with Gasteiger partial charge in [-0.15, -0.1) is 0 Å². The SMILES string of the molecule is Cc1cc(C)n2c(n1)nc(=S)n2CN1CCN(S(=O)(=O)c2ccc(Cl)cc2)CC1. The highest BCUT2D eigenvalue weighted by Gasteiger charge is 2.28. The van der Waals surface area contributed by atoms with Gasteiger partial charge in [-0.1, -0.05) is 11.6 Å². The Morgan fingerprint density at radius 2 is 1.72 bits per heavy atom. The number of fused-ring (bicyclic) bond motifs is 1. The average Bonchev–Trinajstić information content (AvgIpc) is 2.98. The van der Waals surface area contributed by atoms with Crippen LogP contribution >= 0.6 is 23.8 Å². The maximum absolute atomic E-state index is 12.8. The molecule has 0 radical (unpaired) electrons. The molecule has 0 unspecified atom stereocenters. The summed E-state index contributed by atoms with van der Waals surface area (Å²) in [6, 6.07) is 8.25. The maximum Gasteiger partial charge on any atom is 0.252 e. The lowest BCUT2D eigenvalue weighted by Crippen LogP contribution is -2.49. The Balaban J connectivity index is 1.50. The van der Waals surface area contributed by atoms with Crippen LogP contribution in [-0.2, 0) is 16.7 Å². The summed E-state index contributed by atoms with van der Waals surface area (Å²) >= 11 is 11.3. The molecule has 0 bridgehead atoms. The van der Waals surface area contributed by atoms with E-state index in [2.05, 4.69) is 14.9 Å². The van der Waals surface area contributed by atoms with Gasteiger partial charge >= 0.3 is 0 Å². The van der Waals surface area contributed by atoms with E-state index in [0.717, 1.165) is 11.4 Å². The predicted molar refractivity (Wildman–Crippen MR) is 113 cm³/mol. The molecule has 1 fully saturated rings. The van der Waals surface area contributed by atoms with Gasteiger partial charge < -0.3 is 0 Å². The molecule has 29 heavy (non-hydrogen) atoms. The summed E-state index contributed by atoms with van der Waals surface area (Å²) in [6.07, 6.45) is 0. The van der Waals surface area contributed by atoms with Crippen LogP contribution in [0.3, 0.4) is 0 Å². The summed E-state index contributed by atoms with van der Waals surface area (Å²) in [7, 11) is -3.53. The van der Waals surface area contributed by atoms with Gasteiger partial charge in [-0.25, -0.2) is 22.6 Å². The number of hydrogen-bond acceptors (Lipinski definition) is 6. The Kier molecular flexibility index (Phi) is 5.47. The highest BCUT2D eigenvalue weighted by molar-refractivity contribution is 7.89. The van der Waals surface area contributed by atoms with Gasteiger partial charge in [0.1, 0.15) is 0 Å². The zero-order valence-corrected chi connectivity index (χ0v) is 18.5. The van der Waals surface area contributed by atoms with Crippen LogP contribution in [0.4, 0.5) is 0 Å². The van der Waals surface area contributed by atoms with Crippen LogP contribution in [0.25, 0.3) is 5.78 Å². The Labute approximate surface area is 179 Å². The first-order valence-electron chi connectivity index (χ1n) is 9.17. The average molecular weight is 453 g/mol. The second-order valence-electron chi connectivity index (χ2n) is 7.06. The first-order valence-corrected chi connectivity index (χ1v) is 11.4. The lowest BCUT2D eigenvalue weighted by Gasteiger charge is -2.34. The molecule has 154 valence electrons. The Hall–Kier alpha value is -1.85. The van der Waals surface area contributed by atoms with Gasteiger partial charge in [-0.05, 0) is 56.4 Å². The number of piperazine rings is 1. The fourth-order valence-corrected chi connectivity index (χ4v) is 5.31. The van der Waals surface area contributed by atoms with Gasteiger partial charge in [0.25, 0.3) is 5.78 Å². The molecule has 0 N–H and O–H groups in total. The maximum atomic E-state index is 12.8. The van der Waals surface area contributed by atoms with Crippen LogP contribution in [0.2, 0.25) is 5.02 Å². The third kappa shape index (κ3) is 3.95. The molecule has 0 amide bonds. The van der Waals surface area contributed by atoms with Crippen LogP contribution in [0, 0.1) is 18.6 Å². The fourth-order valence-electron chi connectivity index (χ4n) is 3.54. The molecule has 2 aromatic heterocycles. The first kappa shape index (κ1) is 20.4. The van der Waals surface area contributed by atoms with Crippen molar-refractivity contribution in [3.63, 3.8) is 0 Å². The normalized spacial score (nSPS) is 16.5. The van der Waals surface area contributed by atoms with Crippen LogP contribution in [0.5, 0.6) is 0 Å². The Morgan fingerprint density at radius 3 is 2.38 bits per heavy atom. The third-order valence-electron chi connectivity index (χ3n) is 4.99. The minimum Gasteiger partial charge on any atom is -0.282 e. The van der Waals surface area contributed by atoms with Crippen LogP contribution in [0.15, 0.2) is 35.2 Å². The molecular weight excluding hydrogens is 432 g/mol. The monoisotopic (exact) mass is 452 g/mol. The molecule has 3 heterocycles. The second kappa shape index (κ2) is 7.77. The van der Waals surface area contributed by atoms with Crippen molar-refractivity contribution in [3.8, 4) is 0 Å². The molecule has 1 saturated heterocycles. The van der Waals surface area contributed by atoms with Gasteiger partial charge in [0.15, 0.2) is 0 Å². The lowest BCUT2D eigenvalue weighted by atomic mass is 10.4. The van der Waals surface area contributed by atoms with E-state index in [1.54, 1.807) is 24.3 Å². The van der Waals surface area contributed by atoms with Crippen LogP contribution in [-0.4, -0.2) is 63.0 Å². The molecule has 1 aliphatic heterocycles. The molecule has 0 saturated carbocycles. The molecule has 1 aromatic carbocycles. The number of nitrogens with zero attached hydrogens (tertiary/aromatic N) is 6. The van der Waals surface area contributed by atoms with Gasteiger partial charge in [-0.3, -0.25) is 4.90 Å². The Bertz CT molecular complexity index is 1210. The number of hydrogen-bond donors (Lipinski definition) is 0. The lowest BCUT2D eigenvalue weighted by molar-refractivity contribution is 0.142. The standard InChI is InChI=1S/C18H21ClN6O2S2/c1-13-11-14(2)25-17(20-13)21-18(28)24(25)12-22-7-9-23(10-8-22)29(26,27)16-5-3-15(19)4-6-16/h3-6,11H,7-10,12H2,1-2H3. The number of rotatable bonds is 4. The summed E-state index contributed by atoms with van der Waals surface area (Å²) in [5, 5.41) is 0.513. The van der Waals surface area contributed by atoms with Crippen molar-refractivity contribution in [2.45, 2.75) is 25.4 Å². The highest BCUT2D eigenvalue weighted by Crippen LogP contribution is 2.20. The summed E-state index contributed by atoms with van der Waals surface area (Å²) < 4.78 is 31.5. The van der Waals surface area contributed by atoms with Crippen molar-refractivity contribution in [1.29, 1.82) is 0 Å². The summed E-state index contributed by atoms with van der Waals surface area (Å²) in [4.78, 5) is 11.3. The summed E-state index contributed by atoms with van der Waals surface area (Å²) in [5.41, 5.74) is 1.89. The minimum absolute atomic E-state index is 0.261. The predicted octanol–water partition coefficient (Wildman–Crippen LogP) is 2.49. The van der Waals surface area contributed by atoms with Crippen molar-refractivity contribution >= 4 is 39.6 Å². The number of aromatic nitrogens is 4. The van der Waals surface area contributed by atoms with E-state index in [-0.39, 0.29) is 4.90 Å². The molecule has 8 nitrogen and oxygen atoms in total. The fraction of sp³-hybridized carbons (Fsp3) is 0.389. The summed E-state index contributed by atoms with van der Waals surface area (Å²) in [5.74, 6) is 0.580. The van der Waals surface area contributed by atoms with Gasteiger partial charge in [0.2, 0.25) is 14.8 Å². The highest BCUT2D eigenvalue weighted by atomic mass is 35.5. The van der Waals surface area contributed by atoms with Crippen LogP contribution in [0.1, 0.15) is 11.4 Å². The second-order valence-corrected chi connectivity index (χ2v) is 9.80. The number of sulfonamides is 1. The minimum atomic E-state index is -3.53. The van der Waals surface area contributed by atoms with Gasteiger partial charge in [0.05, 0.1) is 11.6 Å². The van der Waals surface area contributed by atoms with E-state index in [4.69, 9.17) is 23.8 Å². The van der Waals surface area contributed by atoms with Crippen molar-refractivity contribution in [3.05, 3.63) is 51.5 Å². The van der Waals surface area contributed by atoms with Gasteiger partial charge in [0, 0.05) is 42.6 Å². The van der Waals surface area contributed by atoms with Crippen molar-refractivity contribution < 1.29 is 8.42 Å². The topological polar surface area (TPSA) is 75.7 Å². The zero-order valence-electron chi connectivity index (χ0n) is 16.1. The third-order valence-corrected chi connectivity index (χ3v) is 7.46. The van der Waals surface area contributed by atoms with Crippen LogP contribution < -0.4 is 0 Å². The smallest absolute Gasteiger partial charge is 0.252 e. The Morgan fingerprint density at radius 1 is 1.07 bits per heavy atom. The number of aryl methyl sites for hydroxylation is 2. The number of halogens is 1. The van der Waals surface area contributed by atoms with E-state index in [1.807, 2.05) is 29.1 Å². The van der Waals surface area contributed by atoms with E-state index in [1.165, 1.54) is 4.31 Å². The zero-order chi connectivity index (χ0) is 20.8. The van der Waals surface area contributed by atoms with E-state index in [0.29, 0.717) is 48.4 Å². The molecule has 0 atom stereocenters. The first-order chi connectivity index (χ1) is 13.8. The summed E-state index contributed by atoms with van der Waals surface area (Å²) in [6.45, 7) is 6.46. The van der Waals surface area contributed by atoms with Crippen molar-refractivity contribution in [2.75, 3.05) is 26.2 Å². The van der Waals surface area contributed by atoms with E-state index >= 15 is 0 Å². The molecule has 0 aliphatic carbocycles. The molecule has 11 heteroatoms.